The molecule has 0 saturated heterocycles. The molecule has 0 fully saturated rings. The van der Waals surface area contributed by atoms with E-state index in [0.717, 1.165) is 26.2 Å². The fourth-order valence-corrected chi connectivity index (χ4v) is 1.98. The summed E-state index contributed by atoms with van der Waals surface area (Å²) in [6, 6.07) is 10.2. The van der Waals surface area contributed by atoms with Crippen molar-refractivity contribution in [1.82, 2.24) is 0 Å². The molecule has 0 spiro atoms. The van der Waals surface area contributed by atoms with Crippen molar-refractivity contribution >= 4 is 0 Å². The minimum absolute atomic E-state index is 0.646. The van der Waals surface area contributed by atoms with Crippen LogP contribution in [0.15, 0.2) is 30.3 Å². The third-order valence-electron chi connectivity index (χ3n) is 3.20. The van der Waals surface area contributed by atoms with E-state index in [1.165, 1.54) is 31.2 Å². The number of rotatable bonds is 14. The monoisotopic (exact) mass is 294 g/mol. The third-order valence-corrected chi connectivity index (χ3v) is 3.20. The van der Waals surface area contributed by atoms with Crippen LogP contribution in [0, 0.1) is 0 Å². The van der Waals surface area contributed by atoms with Crippen LogP contribution in [-0.2, 0) is 20.8 Å². The van der Waals surface area contributed by atoms with Crippen LogP contribution in [0.1, 0.15) is 44.6 Å². The van der Waals surface area contributed by atoms with E-state index in [1.807, 2.05) is 18.2 Å². The second-order valence-corrected chi connectivity index (χ2v) is 5.18. The molecule has 0 heterocycles. The van der Waals surface area contributed by atoms with Crippen LogP contribution in [-0.4, -0.2) is 33.0 Å². The molecule has 0 amide bonds. The van der Waals surface area contributed by atoms with Gasteiger partial charge in [-0.3, -0.25) is 0 Å². The quantitative estimate of drug-likeness (QED) is 0.481. The van der Waals surface area contributed by atoms with Gasteiger partial charge in [-0.2, -0.15) is 0 Å². The van der Waals surface area contributed by atoms with Crippen molar-refractivity contribution in [2.45, 2.75) is 45.6 Å². The molecule has 1 aromatic carbocycles. The van der Waals surface area contributed by atoms with Gasteiger partial charge in [-0.15, -0.1) is 0 Å². The number of hydrogen-bond acceptors (Lipinski definition) is 3. The zero-order chi connectivity index (χ0) is 15.0. The van der Waals surface area contributed by atoms with Crippen LogP contribution in [0.25, 0.3) is 0 Å². The molecule has 0 aliphatic heterocycles. The van der Waals surface area contributed by atoms with Gasteiger partial charge in [0.25, 0.3) is 0 Å². The van der Waals surface area contributed by atoms with Crippen LogP contribution in [0.4, 0.5) is 0 Å². The molecule has 0 atom stereocenters. The summed E-state index contributed by atoms with van der Waals surface area (Å²) in [5, 5.41) is 0. The maximum atomic E-state index is 5.55. The van der Waals surface area contributed by atoms with Crippen LogP contribution >= 0.6 is 0 Å². The van der Waals surface area contributed by atoms with Crippen molar-refractivity contribution in [2.75, 3.05) is 33.0 Å². The lowest BCUT2D eigenvalue weighted by Gasteiger charge is -2.07. The first-order chi connectivity index (χ1) is 10.4. The highest BCUT2D eigenvalue weighted by Gasteiger charge is 1.94. The molecule has 0 bridgehead atoms. The molecule has 120 valence electrons. The average molecular weight is 294 g/mol. The van der Waals surface area contributed by atoms with E-state index in [-0.39, 0.29) is 0 Å². The highest BCUT2D eigenvalue weighted by atomic mass is 16.5. The van der Waals surface area contributed by atoms with Crippen molar-refractivity contribution in [3.8, 4) is 0 Å². The molecule has 0 N–H and O–H groups in total. The van der Waals surface area contributed by atoms with Gasteiger partial charge in [-0.25, -0.2) is 0 Å². The lowest BCUT2D eigenvalue weighted by Crippen LogP contribution is -2.07. The summed E-state index contributed by atoms with van der Waals surface area (Å²) in [4.78, 5) is 0. The van der Waals surface area contributed by atoms with Crippen molar-refractivity contribution < 1.29 is 14.2 Å². The van der Waals surface area contributed by atoms with E-state index in [0.29, 0.717) is 19.8 Å². The number of unbranched alkanes of at least 4 members (excludes halogenated alkanes) is 3. The lowest BCUT2D eigenvalue weighted by molar-refractivity contribution is 0.0298. The van der Waals surface area contributed by atoms with E-state index in [1.54, 1.807) is 0 Å². The minimum Gasteiger partial charge on any atom is -0.381 e. The topological polar surface area (TPSA) is 27.7 Å². The molecule has 0 saturated carbocycles. The average Bonchev–Trinajstić information content (AvgIpc) is 2.53. The normalized spacial score (nSPS) is 10.9. The van der Waals surface area contributed by atoms with Gasteiger partial charge in [0.2, 0.25) is 0 Å². The predicted molar refractivity (Wildman–Crippen MR) is 86.5 cm³/mol. The van der Waals surface area contributed by atoms with Crippen molar-refractivity contribution in [2.24, 2.45) is 0 Å². The largest absolute Gasteiger partial charge is 0.381 e. The third kappa shape index (κ3) is 11.4. The van der Waals surface area contributed by atoms with E-state index >= 15 is 0 Å². The van der Waals surface area contributed by atoms with Crippen LogP contribution < -0.4 is 0 Å². The van der Waals surface area contributed by atoms with Crippen LogP contribution in [0.5, 0.6) is 0 Å². The molecule has 1 aromatic rings. The van der Waals surface area contributed by atoms with Crippen LogP contribution in [0.3, 0.4) is 0 Å². The Morgan fingerprint density at radius 2 is 1.33 bits per heavy atom. The van der Waals surface area contributed by atoms with Gasteiger partial charge in [-0.05, 0) is 18.4 Å². The molecule has 3 heteroatoms. The van der Waals surface area contributed by atoms with Gasteiger partial charge >= 0.3 is 0 Å². The van der Waals surface area contributed by atoms with Gasteiger partial charge in [0.1, 0.15) is 0 Å². The Labute approximate surface area is 129 Å². The van der Waals surface area contributed by atoms with E-state index < -0.39 is 0 Å². The number of hydrogen-bond donors (Lipinski definition) is 0. The van der Waals surface area contributed by atoms with E-state index in [4.69, 9.17) is 14.2 Å². The standard InChI is InChI=1S/C18H30O3/c1-2-3-4-8-12-19-13-9-14-20-15-16-21-17-18-10-6-5-7-11-18/h5-7,10-11H,2-4,8-9,12-17H2,1H3. The predicted octanol–water partition coefficient (Wildman–Crippen LogP) is 4.21. The van der Waals surface area contributed by atoms with Crippen molar-refractivity contribution in [3.05, 3.63) is 35.9 Å². The van der Waals surface area contributed by atoms with Gasteiger partial charge in [0, 0.05) is 19.8 Å². The molecule has 0 aliphatic carbocycles. The Bertz CT molecular complexity index is 313. The highest BCUT2D eigenvalue weighted by Crippen LogP contribution is 2.00. The Kier molecular flexibility index (Phi) is 12.1. The SMILES string of the molecule is CCCCCCOCCCOCCOCc1ccccc1. The van der Waals surface area contributed by atoms with Crippen molar-refractivity contribution in [1.29, 1.82) is 0 Å². The molecule has 0 aliphatic rings. The summed E-state index contributed by atoms with van der Waals surface area (Å²) >= 11 is 0. The summed E-state index contributed by atoms with van der Waals surface area (Å²) < 4.78 is 16.6. The van der Waals surface area contributed by atoms with E-state index in [9.17, 15) is 0 Å². The Morgan fingerprint density at radius 3 is 2.10 bits per heavy atom. The van der Waals surface area contributed by atoms with Crippen LogP contribution in [0.2, 0.25) is 0 Å². The molecule has 0 unspecified atom stereocenters. The Balaban J connectivity index is 1.75. The first-order valence-electron chi connectivity index (χ1n) is 8.20. The van der Waals surface area contributed by atoms with Gasteiger partial charge in [0.15, 0.2) is 0 Å². The summed E-state index contributed by atoms with van der Waals surface area (Å²) in [5.41, 5.74) is 1.20. The zero-order valence-electron chi connectivity index (χ0n) is 13.4. The van der Waals surface area contributed by atoms with Gasteiger partial charge in [-0.1, -0.05) is 56.5 Å². The fraction of sp³-hybridized carbons (Fsp3) is 0.667. The molecule has 0 aromatic heterocycles. The smallest absolute Gasteiger partial charge is 0.0718 e. The second-order valence-electron chi connectivity index (χ2n) is 5.18. The first-order valence-corrected chi connectivity index (χ1v) is 8.20. The molecule has 3 nitrogen and oxygen atoms in total. The molecular weight excluding hydrogens is 264 g/mol. The molecular formula is C18H30O3. The van der Waals surface area contributed by atoms with E-state index in [2.05, 4.69) is 19.1 Å². The van der Waals surface area contributed by atoms with Crippen molar-refractivity contribution in [3.63, 3.8) is 0 Å². The molecule has 0 radical (unpaired) electrons. The maximum Gasteiger partial charge on any atom is 0.0718 e. The second kappa shape index (κ2) is 14.1. The van der Waals surface area contributed by atoms with Gasteiger partial charge < -0.3 is 14.2 Å². The summed E-state index contributed by atoms with van der Waals surface area (Å²) in [7, 11) is 0. The lowest BCUT2D eigenvalue weighted by atomic mass is 10.2. The van der Waals surface area contributed by atoms with Gasteiger partial charge in [0.05, 0.1) is 19.8 Å². The fourth-order valence-electron chi connectivity index (χ4n) is 1.98. The maximum absolute atomic E-state index is 5.55. The molecule has 21 heavy (non-hydrogen) atoms. The number of benzene rings is 1. The highest BCUT2D eigenvalue weighted by molar-refractivity contribution is 5.13. The summed E-state index contributed by atoms with van der Waals surface area (Å²) in [5.74, 6) is 0. The number of ether oxygens (including phenoxy) is 3. The zero-order valence-corrected chi connectivity index (χ0v) is 13.4. The summed E-state index contributed by atoms with van der Waals surface area (Å²) in [6.45, 7) is 6.63. The molecule has 1 rings (SSSR count). The first kappa shape index (κ1) is 18.1. The summed E-state index contributed by atoms with van der Waals surface area (Å²) in [6.07, 6.45) is 6.02. The Morgan fingerprint density at radius 1 is 0.667 bits per heavy atom. The minimum atomic E-state index is 0.646. The Hall–Kier alpha value is -0.900.